The highest BCUT2D eigenvalue weighted by Gasteiger charge is 2.48. The number of rotatable bonds is 5. The van der Waals surface area contributed by atoms with Crippen molar-refractivity contribution in [2.75, 3.05) is 33.4 Å². The molecule has 0 bridgehead atoms. The summed E-state index contributed by atoms with van der Waals surface area (Å²) in [4.78, 5) is 20.0. The molecule has 0 radical (unpaired) electrons. The second-order valence-electron chi connectivity index (χ2n) is 7.87. The summed E-state index contributed by atoms with van der Waals surface area (Å²) in [5.74, 6) is -2.31. The van der Waals surface area contributed by atoms with E-state index >= 15 is 0 Å². The first-order valence-electron chi connectivity index (χ1n) is 9.98. The van der Waals surface area contributed by atoms with Crippen molar-refractivity contribution in [1.82, 2.24) is 15.1 Å². The Morgan fingerprint density at radius 2 is 2.37 bits per heavy atom. The molecule has 0 spiro atoms. The number of H-pyrrole nitrogens is 1. The van der Waals surface area contributed by atoms with Gasteiger partial charge >= 0.3 is 0 Å². The first kappa shape index (κ1) is 19.9. The van der Waals surface area contributed by atoms with E-state index in [9.17, 15) is 13.6 Å². The highest BCUT2D eigenvalue weighted by atomic mass is 32.2. The van der Waals surface area contributed by atoms with Crippen LogP contribution >= 0.6 is 11.8 Å². The molecule has 160 valence electrons. The fourth-order valence-electron chi connectivity index (χ4n) is 4.55. The van der Waals surface area contributed by atoms with E-state index in [-0.39, 0.29) is 32.0 Å². The van der Waals surface area contributed by atoms with Gasteiger partial charge in [0.25, 0.3) is 11.8 Å². The van der Waals surface area contributed by atoms with Crippen LogP contribution in [-0.4, -0.2) is 77.3 Å². The molecular formula is C20H22F2N4O3S. The minimum Gasteiger partial charge on any atom is -0.492 e. The molecular weight excluding hydrogens is 414 g/mol. The molecule has 4 aliphatic heterocycles. The molecule has 10 heteroatoms. The number of amides is 1. The Balaban J connectivity index is 1.59. The largest absolute Gasteiger partial charge is 0.492 e. The van der Waals surface area contributed by atoms with Gasteiger partial charge < -0.3 is 9.47 Å². The Labute approximate surface area is 176 Å². The molecule has 1 unspecified atom stereocenters. The van der Waals surface area contributed by atoms with Gasteiger partial charge in [0.15, 0.2) is 0 Å². The minimum absolute atomic E-state index is 0.197. The van der Waals surface area contributed by atoms with Gasteiger partial charge in [0.1, 0.15) is 11.0 Å². The molecule has 7 nitrogen and oxygen atoms in total. The Hall–Kier alpha value is -2.04. The number of dihydropyridines is 1. The van der Waals surface area contributed by atoms with E-state index in [1.807, 2.05) is 0 Å². The van der Waals surface area contributed by atoms with Gasteiger partial charge in [-0.2, -0.15) is 5.10 Å². The van der Waals surface area contributed by atoms with Crippen molar-refractivity contribution >= 4 is 28.3 Å². The average molecular weight is 436 g/mol. The Morgan fingerprint density at radius 3 is 3.07 bits per heavy atom. The van der Waals surface area contributed by atoms with E-state index in [0.717, 1.165) is 28.0 Å². The number of hydrogen-bond acceptors (Lipinski definition) is 6. The summed E-state index contributed by atoms with van der Waals surface area (Å²) < 4.78 is 39.3. The van der Waals surface area contributed by atoms with Crippen LogP contribution in [0, 0.1) is 0 Å². The maximum atomic E-state index is 13.9. The number of methoxy groups -OCH3 is 1. The lowest BCUT2D eigenvalue weighted by Crippen LogP contribution is -2.46. The molecule has 5 rings (SSSR count). The van der Waals surface area contributed by atoms with Crippen molar-refractivity contribution < 1.29 is 23.0 Å². The molecule has 1 amide bonds. The van der Waals surface area contributed by atoms with E-state index < -0.39 is 17.2 Å². The molecule has 1 aromatic rings. The number of likely N-dealkylation sites (tertiary alicyclic amines) is 1. The molecule has 0 aromatic carbocycles. The maximum absolute atomic E-state index is 13.9. The predicted molar refractivity (Wildman–Crippen MR) is 108 cm³/mol. The summed E-state index contributed by atoms with van der Waals surface area (Å²) in [5, 5.41) is 6.35. The van der Waals surface area contributed by atoms with Crippen LogP contribution in [0.25, 0.3) is 4.91 Å². The van der Waals surface area contributed by atoms with Gasteiger partial charge in [-0.15, -0.1) is 11.8 Å². The molecule has 1 N–H and O–H groups in total. The van der Waals surface area contributed by atoms with Gasteiger partial charge in [0, 0.05) is 37.4 Å². The van der Waals surface area contributed by atoms with Gasteiger partial charge in [-0.3, -0.25) is 14.8 Å². The lowest BCUT2D eigenvalue weighted by molar-refractivity contribution is -0.116. The number of halogens is 2. The summed E-state index contributed by atoms with van der Waals surface area (Å²) in [6.07, 6.45) is 4.73. The van der Waals surface area contributed by atoms with E-state index in [2.05, 4.69) is 15.2 Å². The van der Waals surface area contributed by atoms with Gasteiger partial charge in [0.2, 0.25) is 0 Å². The Bertz CT molecular complexity index is 957. The molecule has 30 heavy (non-hydrogen) atoms. The SMILES string of the molecule is COC[C@@H](C1=NC(=O)C2SC(c3cn[nH]c3)=C3OCCCC1=C32)N1CCC(F)(F)C1. The fourth-order valence-corrected chi connectivity index (χ4v) is 5.83. The topological polar surface area (TPSA) is 79.8 Å². The predicted octanol–water partition coefficient (Wildman–Crippen LogP) is 2.64. The average Bonchev–Trinajstić information content (AvgIpc) is 3.40. The third-order valence-electron chi connectivity index (χ3n) is 5.90. The number of allylic oxidation sites excluding steroid dienone is 1. The molecule has 1 saturated heterocycles. The van der Waals surface area contributed by atoms with Crippen LogP contribution in [0.15, 0.2) is 34.3 Å². The molecule has 5 heterocycles. The third-order valence-corrected chi connectivity index (χ3v) is 7.23. The fraction of sp³-hybridized carbons (Fsp3) is 0.550. The number of aromatic amines is 1. The normalized spacial score (nSPS) is 27.1. The molecule has 1 aromatic heterocycles. The Morgan fingerprint density at radius 1 is 1.50 bits per heavy atom. The minimum atomic E-state index is -2.74. The standard InChI is InChI=1S/C20H22F2N4O3S/c1-28-9-13(26-5-4-20(21,22)10-26)15-12-3-2-6-29-16-14(12)18(19(27)25-15)30-17(16)11-7-23-24-8-11/h7-8,13,18H,2-6,9-10H2,1H3,(H,23,24)/t13-,18?/m0/s1. The first-order chi connectivity index (χ1) is 14.5. The highest BCUT2D eigenvalue weighted by Crippen LogP contribution is 2.52. The van der Waals surface area contributed by atoms with Crippen molar-refractivity contribution in [2.45, 2.75) is 36.5 Å². The molecule has 0 aliphatic carbocycles. The molecule has 1 fully saturated rings. The van der Waals surface area contributed by atoms with Crippen LogP contribution in [0.5, 0.6) is 0 Å². The number of thioether (sulfide) groups is 1. The summed E-state index contributed by atoms with van der Waals surface area (Å²) in [5.41, 5.74) is 3.20. The van der Waals surface area contributed by atoms with Gasteiger partial charge in [-0.1, -0.05) is 0 Å². The van der Waals surface area contributed by atoms with Gasteiger partial charge in [-0.05, 0) is 18.4 Å². The summed E-state index contributed by atoms with van der Waals surface area (Å²) >= 11 is 1.42. The van der Waals surface area contributed by atoms with Crippen molar-refractivity contribution in [1.29, 1.82) is 0 Å². The number of ether oxygens (including phenoxy) is 2. The molecule has 2 atom stereocenters. The van der Waals surface area contributed by atoms with Crippen molar-refractivity contribution in [3.63, 3.8) is 0 Å². The maximum Gasteiger partial charge on any atom is 0.264 e. The van der Waals surface area contributed by atoms with Gasteiger partial charge in [-0.25, -0.2) is 13.8 Å². The monoisotopic (exact) mass is 436 g/mol. The van der Waals surface area contributed by atoms with Crippen LogP contribution in [0.2, 0.25) is 0 Å². The van der Waals surface area contributed by atoms with Crippen LogP contribution in [-0.2, 0) is 14.3 Å². The van der Waals surface area contributed by atoms with E-state index in [0.29, 0.717) is 24.5 Å². The number of nitrogens with one attached hydrogen (secondary N) is 1. The zero-order chi connectivity index (χ0) is 20.9. The Kier molecular flexibility index (Phi) is 5.03. The molecule has 4 aliphatic rings. The highest BCUT2D eigenvalue weighted by molar-refractivity contribution is 8.10. The van der Waals surface area contributed by atoms with Crippen molar-refractivity contribution in [3.05, 3.63) is 34.9 Å². The summed E-state index contributed by atoms with van der Waals surface area (Å²) in [6, 6.07) is -0.488. The number of alkyl halides is 2. The quantitative estimate of drug-likeness (QED) is 0.765. The third kappa shape index (κ3) is 3.30. The zero-order valence-electron chi connectivity index (χ0n) is 16.5. The smallest absolute Gasteiger partial charge is 0.264 e. The van der Waals surface area contributed by atoms with E-state index in [1.54, 1.807) is 17.3 Å². The van der Waals surface area contributed by atoms with Crippen molar-refractivity contribution in [2.24, 2.45) is 4.99 Å². The van der Waals surface area contributed by atoms with Crippen molar-refractivity contribution in [3.8, 4) is 0 Å². The number of aromatic nitrogens is 2. The molecule has 0 saturated carbocycles. The number of carbonyl (C=O) groups is 1. The van der Waals surface area contributed by atoms with E-state index in [4.69, 9.17) is 9.47 Å². The van der Waals surface area contributed by atoms with Crippen LogP contribution < -0.4 is 0 Å². The summed E-state index contributed by atoms with van der Waals surface area (Å²) in [7, 11) is 1.54. The lowest BCUT2D eigenvalue weighted by atomic mass is 9.88. The van der Waals surface area contributed by atoms with Crippen LogP contribution in [0.4, 0.5) is 8.78 Å². The number of nitrogens with zero attached hydrogens (tertiary/aromatic N) is 3. The number of carbonyl (C=O) groups excluding carboxylic acids is 1. The van der Waals surface area contributed by atoms with E-state index in [1.165, 1.54) is 18.9 Å². The lowest BCUT2D eigenvalue weighted by Gasteiger charge is -2.32. The number of hydrogen-bond donors (Lipinski definition) is 1. The second kappa shape index (κ2) is 7.58. The van der Waals surface area contributed by atoms with Gasteiger partial charge in [0.05, 0.1) is 42.6 Å². The summed E-state index contributed by atoms with van der Waals surface area (Å²) in [6.45, 7) is 0.615. The van der Waals surface area contributed by atoms with Crippen LogP contribution in [0.1, 0.15) is 24.8 Å². The second-order valence-corrected chi connectivity index (χ2v) is 8.99. The number of aliphatic imine (C=N–C) groups is 1. The van der Waals surface area contributed by atoms with Crippen LogP contribution in [0.3, 0.4) is 0 Å². The zero-order valence-corrected chi connectivity index (χ0v) is 17.3. The first-order valence-corrected chi connectivity index (χ1v) is 10.9.